The summed E-state index contributed by atoms with van der Waals surface area (Å²) in [5.41, 5.74) is 6.47. The molecule has 0 atom stereocenters. The molecule has 2 aromatic carbocycles. The highest BCUT2D eigenvalue weighted by Crippen LogP contribution is 2.33. The summed E-state index contributed by atoms with van der Waals surface area (Å²) in [4.78, 5) is 22.8. The van der Waals surface area contributed by atoms with Gasteiger partial charge in [0.05, 0.1) is 23.4 Å². The first-order valence-electron chi connectivity index (χ1n) is 11.0. The quantitative estimate of drug-likeness (QED) is 0.550. The van der Waals surface area contributed by atoms with Crippen LogP contribution >= 0.6 is 11.3 Å². The van der Waals surface area contributed by atoms with Gasteiger partial charge in [0.2, 0.25) is 0 Å². The standard InChI is InChI=1S/C25H31N3O2S/c1-17-6-8-21(16-19(17)3)24(29)28(11-5-10-27-12-14-30-15-13-27)25-26-23-20(4)18(2)7-9-22(23)31-25/h6-9,16H,5,10-15H2,1-4H3. The monoisotopic (exact) mass is 437 g/mol. The highest BCUT2D eigenvalue weighted by atomic mass is 32.1. The number of hydrogen-bond donors (Lipinski definition) is 0. The summed E-state index contributed by atoms with van der Waals surface area (Å²) in [5.74, 6) is 0.0264. The molecule has 1 saturated heterocycles. The van der Waals surface area contributed by atoms with Gasteiger partial charge in [0.1, 0.15) is 0 Å². The molecule has 1 aliphatic heterocycles. The smallest absolute Gasteiger partial charge is 0.260 e. The number of carbonyl (C=O) groups excluding carboxylic acids is 1. The van der Waals surface area contributed by atoms with Crippen molar-refractivity contribution in [1.82, 2.24) is 9.88 Å². The molecule has 4 rings (SSSR count). The van der Waals surface area contributed by atoms with Crippen molar-refractivity contribution in [2.24, 2.45) is 0 Å². The molecular formula is C25H31N3O2S. The Hall–Kier alpha value is -2.28. The molecule has 0 radical (unpaired) electrons. The molecule has 1 amide bonds. The predicted molar refractivity (Wildman–Crippen MR) is 129 cm³/mol. The fourth-order valence-corrected chi connectivity index (χ4v) is 4.97. The second kappa shape index (κ2) is 9.47. The lowest BCUT2D eigenvalue weighted by Crippen LogP contribution is -2.39. The summed E-state index contributed by atoms with van der Waals surface area (Å²) in [7, 11) is 0. The van der Waals surface area contributed by atoms with Crippen LogP contribution in [0, 0.1) is 27.7 Å². The number of thiazole rings is 1. The van der Waals surface area contributed by atoms with Crippen LogP contribution < -0.4 is 4.90 Å². The lowest BCUT2D eigenvalue weighted by molar-refractivity contribution is 0.0376. The first kappa shape index (κ1) is 21.9. The highest BCUT2D eigenvalue weighted by Gasteiger charge is 2.23. The van der Waals surface area contributed by atoms with Gasteiger partial charge in [0, 0.05) is 31.7 Å². The molecule has 1 aromatic heterocycles. The minimum atomic E-state index is 0.0264. The number of amides is 1. The number of aryl methyl sites for hydroxylation is 4. The number of aromatic nitrogens is 1. The fourth-order valence-electron chi connectivity index (χ4n) is 3.92. The molecule has 0 aliphatic carbocycles. The molecule has 164 valence electrons. The average Bonchev–Trinajstić information content (AvgIpc) is 3.21. The Bertz CT molecular complexity index is 1090. The zero-order valence-corrected chi connectivity index (χ0v) is 19.7. The maximum absolute atomic E-state index is 13.6. The Morgan fingerprint density at radius 3 is 2.55 bits per heavy atom. The molecular weight excluding hydrogens is 406 g/mol. The third-order valence-corrected chi connectivity index (χ3v) is 7.31. The first-order chi connectivity index (χ1) is 14.9. The average molecular weight is 438 g/mol. The third-order valence-electron chi connectivity index (χ3n) is 6.26. The van der Waals surface area contributed by atoms with E-state index in [0.29, 0.717) is 6.54 Å². The van der Waals surface area contributed by atoms with Crippen molar-refractivity contribution < 1.29 is 9.53 Å². The van der Waals surface area contributed by atoms with E-state index >= 15 is 0 Å². The molecule has 0 unspecified atom stereocenters. The van der Waals surface area contributed by atoms with E-state index in [-0.39, 0.29) is 5.91 Å². The molecule has 5 nitrogen and oxygen atoms in total. The van der Waals surface area contributed by atoms with Crippen LogP contribution in [0.2, 0.25) is 0 Å². The minimum absolute atomic E-state index is 0.0264. The van der Waals surface area contributed by atoms with Gasteiger partial charge in [0.15, 0.2) is 5.13 Å². The van der Waals surface area contributed by atoms with Crippen molar-refractivity contribution in [2.45, 2.75) is 34.1 Å². The largest absolute Gasteiger partial charge is 0.379 e. The van der Waals surface area contributed by atoms with Crippen LogP contribution in [0.15, 0.2) is 30.3 Å². The summed E-state index contributed by atoms with van der Waals surface area (Å²) < 4.78 is 6.58. The molecule has 6 heteroatoms. The Balaban J connectivity index is 1.62. The Morgan fingerprint density at radius 1 is 1.06 bits per heavy atom. The third kappa shape index (κ3) is 4.81. The molecule has 3 aromatic rings. The van der Waals surface area contributed by atoms with Gasteiger partial charge in [-0.25, -0.2) is 4.98 Å². The summed E-state index contributed by atoms with van der Waals surface area (Å²) in [6.07, 6.45) is 0.907. The second-order valence-corrected chi connectivity index (χ2v) is 9.42. The van der Waals surface area contributed by atoms with Gasteiger partial charge >= 0.3 is 0 Å². The molecule has 0 bridgehead atoms. The van der Waals surface area contributed by atoms with Gasteiger partial charge in [0.25, 0.3) is 5.91 Å². The van der Waals surface area contributed by atoms with Gasteiger partial charge < -0.3 is 4.74 Å². The van der Waals surface area contributed by atoms with E-state index in [4.69, 9.17) is 9.72 Å². The van der Waals surface area contributed by atoms with Crippen molar-refractivity contribution in [3.63, 3.8) is 0 Å². The SMILES string of the molecule is Cc1ccc(C(=O)N(CCCN2CCOCC2)c2nc3c(C)c(C)ccc3s2)cc1C. The van der Waals surface area contributed by atoms with Crippen molar-refractivity contribution in [1.29, 1.82) is 0 Å². The molecule has 1 aliphatic rings. The van der Waals surface area contributed by atoms with Crippen LogP contribution in [0.3, 0.4) is 0 Å². The zero-order valence-electron chi connectivity index (χ0n) is 18.9. The van der Waals surface area contributed by atoms with Crippen molar-refractivity contribution in [3.05, 3.63) is 58.1 Å². The minimum Gasteiger partial charge on any atom is -0.379 e. The molecule has 2 heterocycles. The highest BCUT2D eigenvalue weighted by molar-refractivity contribution is 7.22. The number of hydrogen-bond acceptors (Lipinski definition) is 5. The Morgan fingerprint density at radius 2 is 1.81 bits per heavy atom. The van der Waals surface area contributed by atoms with E-state index in [2.05, 4.69) is 44.7 Å². The number of nitrogens with zero attached hydrogens (tertiary/aromatic N) is 3. The van der Waals surface area contributed by atoms with Crippen LogP contribution in [0.1, 0.15) is 39.0 Å². The van der Waals surface area contributed by atoms with E-state index in [1.54, 1.807) is 11.3 Å². The second-order valence-electron chi connectivity index (χ2n) is 8.41. The van der Waals surface area contributed by atoms with E-state index in [9.17, 15) is 4.79 Å². The number of rotatable bonds is 6. The van der Waals surface area contributed by atoms with Crippen LogP contribution in [0.5, 0.6) is 0 Å². The Labute approximate surface area is 188 Å². The van der Waals surface area contributed by atoms with Gasteiger partial charge in [-0.2, -0.15) is 0 Å². The zero-order chi connectivity index (χ0) is 22.0. The molecule has 1 fully saturated rings. The summed E-state index contributed by atoms with van der Waals surface area (Å²) >= 11 is 1.60. The molecule has 0 saturated carbocycles. The van der Waals surface area contributed by atoms with Gasteiger partial charge in [-0.15, -0.1) is 0 Å². The van der Waals surface area contributed by atoms with Crippen LogP contribution in [0.25, 0.3) is 10.2 Å². The van der Waals surface area contributed by atoms with E-state index in [1.807, 2.05) is 23.1 Å². The lowest BCUT2D eigenvalue weighted by atomic mass is 10.1. The van der Waals surface area contributed by atoms with E-state index in [1.165, 1.54) is 16.7 Å². The number of fused-ring (bicyclic) bond motifs is 1. The van der Waals surface area contributed by atoms with Gasteiger partial charge in [-0.05, 0) is 74.6 Å². The maximum atomic E-state index is 13.6. The molecule has 0 spiro atoms. The number of morpholine rings is 1. The first-order valence-corrected chi connectivity index (χ1v) is 11.8. The number of benzene rings is 2. The van der Waals surface area contributed by atoms with Crippen molar-refractivity contribution >= 4 is 32.6 Å². The summed E-state index contributed by atoms with van der Waals surface area (Å²) in [6.45, 7) is 13.5. The van der Waals surface area contributed by atoms with Crippen molar-refractivity contribution in [3.8, 4) is 0 Å². The molecule has 0 N–H and O–H groups in total. The van der Waals surface area contributed by atoms with Crippen LogP contribution in [0.4, 0.5) is 5.13 Å². The Kier molecular flexibility index (Phi) is 6.70. The van der Waals surface area contributed by atoms with Gasteiger partial charge in [-0.1, -0.05) is 23.5 Å². The van der Waals surface area contributed by atoms with Gasteiger partial charge in [-0.3, -0.25) is 14.6 Å². The normalized spacial score (nSPS) is 14.8. The van der Waals surface area contributed by atoms with E-state index in [0.717, 1.165) is 65.7 Å². The van der Waals surface area contributed by atoms with Crippen molar-refractivity contribution in [2.75, 3.05) is 44.3 Å². The molecule has 31 heavy (non-hydrogen) atoms. The summed E-state index contributed by atoms with van der Waals surface area (Å²) in [6, 6.07) is 10.2. The lowest BCUT2D eigenvalue weighted by Gasteiger charge is -2.27. The summed E-state index contributed by atoms with van der Waals surface area (Å²) in [5, 5.41) is 0.786. The maximum Gasteiger partial charge on any atom is 0.260 e. The van der Waals surface area contributed by atoms with Crippen LogP contribution in [-0.4, -0.2) is 55.2 Å². The number of anilines is 1. The topological polar surface area (TPSA) is 45.7 Å². The van der Waals surface area contributed by atoms with Crippen LogP contribution in [-0.2, 0) is 4.74 Å². The predicted octanol–water partition coefficient (Wildman–Crippen LogP) is 4.90. The number of carbonyl (C=O) groups is 1. The van der Waals surface area contributed by atoms with E-state index < -0.39 is 0 Å². The number of ether oxygens (including phenoxy) is 1. The fraction of sp³-hybridized carbons (Fsp3) is 0.440.